The zero-order valence-corrected chi connectivity index (χ0v) is 22.3. The zero-order chi connectivity index (χ0) is 25.8. The van der Waals surface area contributed by atoms with Crippen LogP contribution in [0.3, 0.4) is 0 Å². The number of benzene rings is 2. The molecule has 0 spiro atoms. The average Bonchev–Trinajstić information content (AvgIpc) is 2.84. The van der Waals surface area contributed by atoms with E-state index in [1.54, 1.807) is 18.2 Å². The SMILES string of the molecule is CCCCN(CCCC)c1cc(C(=O)O)cc(S(=O)(=O)N(CCC)CCC)c1Oc1ccccc1. The Balaban J connectivity index is 2.83. The van der Waals surface area contributed by atoms with Crippen LogP contribution in [0.5, 0.6) is 11.5 Å². The van der Waals surface area contributed by atoms with E-state index in [-0.39, 0.29) is 16.2 Å². The second kappa shape index (κ2) is 14.1. The first-order valence-corrected chi connectivity index (χ1v) is 14.1. The fourth-order valence-corrected chi connectivity index (χ4v) is 5.67. The molecule has 0 amide bonds. The van der Waals surface area contributed by atoms with Crippen LogP contribution in [-0.2, 0) is 10.0 Å². The lowest BCUT2D eigenvalue weighted by Gasteiger charge is -2.30. The van der Waals surface area contributed by atoms with Crippen molar-refractivity contribution in [3.05, 3.63) is 48.0 Å². The molecule has 0 radical (unpaired) electrons. The minimum Gasteiger partial charge on any atom is -0.478 e. The molecule has 2 rings (SSSR count). The summed E-state index contributed by atoms with van der Waals surface area (Å²) in [4.78, 5) is 14.1. The molecule has 0 saturated heterocycles. The first kappa shape index (κ1) is 28.7. The van der Waals surface area contributed by atoms with Gasteiger partial charge in [0.2, 0.25) is 10.0 Å². The van der Waals surface area contributed by atoms with E-state index in [9.17, 15) is 18.3 Å². The Morgan fingerprint density at radius 2 is 1.43 bits per heavy atom. The molecule has 0 heterocycles. The van der Waals surface area contributed by atoms with E-state index >= 15 is 0 Å². The average molecular weight is 505 g/mol. The monoisotopic (exact) mass is 504 g/mol. The maximum Gasteiger partial charge on any atom is 0.335 e. The molecule has 0 aromatic heterocycles. The Bertz CT molecular complexity index is 1030. The Hall–Kier alpha value is -2.58. The van der Waals surface area contributed by atoms with Gasteiger partial charge < -0.3 is 14.7 Å². The van der Waals surface area contributed by atoms with E-state index < -0.39 is 16.0 Å². The highest BCUT2D eigenvalue weighted by atomic mass is 32.2. The molecule has 1 N–H and O–H groups in total. The number of rotatable bonds is 16. The second-order valence-electron chi connectivity index (χ2n) is 8.64. The maximum absolute atomic E-state index is 13.9. The van der Waals surface area contributed by atoms with Crippen LogP contribution in [0.25, 0.3) is 0 Å². The highest BCUT2D eigenvalue weighted by Crippen LogP contribution is 2.41. The van der Waals surface area contributed by atoms with Gasteiger partial charge in [0.05, 0.1) is 11.3 Å². The summed E-state index contributed by atoms with van der Waals surface area (Å²) < 4.78 is 35.6. The van der Waals surface area contributed by atoms with Crippen molar-refractivity contribution in [3.63, 3.8) is 0 Å². The standard InChI is InChI=1S/C27H40N2O5S/c1-5-9-18-28(19-10-6-2)24-20-22(27(30)31)21-25(26(24)34-23-14-12-11-13-15-23)35(32,33)29(16-7-3)17-8-4/h11-15,20-21H,5-10,16-19H2,1-4H3,(H,30,31). The van der Waals surface area contributed by atoms with Gasteiger partial charge in [-0.05, 0) is 49.9 Å². The maximum atomic E-state index is 13.9. The van der Waals surface area contributed by atoms with E-state index in [1.165, 1.54) is 10.4 Å². The van der Waals surface area contributed by atoms with Crippen molar-refractivity contribution >= 4 is 21.7 Å². The van der Waals surface area contributed by atoms with Crippen LogP contribution in [0.2, 0.25) is 0 Å². The number of carbonyl (C=O) groups is 1. The Labute approximate surface area is 210 Å². The molecule has 0 unspecified atom stereocenters. The molecule has 35 heavy (non-hydrogen) atoms. The fourth-order valence-electron chi connectivity index (χ4n) is 3.89. The topological polar surface area (TPSA) is 87.2 Å². The van der Waals surface area contributed by atoms with E-state index in [0.717, 1.165) is 25.7 Å². The van der Waals surface area contributed by atoms with Gasteiger partial charge >= 0.3 is 5.97 Å². The molecule has 0 atom stereocenters. The summed E-state index contributed by atoms with van der Waals surface area (Å²) in [7, 11) is -4.01. The lowest BCUT2D eigenvalue weighted by Crippen LogP contribution is -2.33. The number of para-hydroxylation sites is 1. The summed E-state index contributed by atoms with van der Waals surface area (Å²) >= 11 is 0. The molecule has 194 valence electrons. The molecule has 7 nitrogen and oxygen atoms in total. The van der Waals surface area contributed by atoms with Gasteiger partial charge in [-0.2, -0.15) is 4.31 Å². The molecule has 0 bridgehead atoms. The van der Waals surface area contributed by atoms with Gasteiger partial charge in [-0.15, -0.1) is 0 Å². The number of unbranched alkanes of at least 4 members (excludes halogenated alkanes) is 2. The van der Waals surface area contributed by atoms with Crippen molar-refractivity contribution in [1.82, 2.24) is 4.31 Å². The minimum absolute atomic E-state index is 0.0649. The second-order valence-corrected chi connectivity index (χ2v) is 10.5. The highest BCUT2D eigenvalue weighted by Gasteiger charge is 2.32. The summed E-state index contributed by atoms with van der Waals surface area (Å²) in [5, 5.41) is 9.89. The van der Waals surface area contributed by atoms with Crippen LogP contribution in [0, 0.1) is 0 Å². The number of carboxylic acids is 1. The van der Waals surface area contributed by atoms with Crippen LogP contribution in [-0.4, -0.2) is 50.0 Å². The van der Waals surface area contributed by atoms with Crippen molar-refractivity contribution in [3.8, 4) is 11.5 Å². The van der Waals surface area contributed by atoms with Gasteiger partial charge in [0.15, 0.2) is 5.75 Å². The van der Waals surface area contributed by atoms with Crippen molar-refractivity contribution in [2.45, 2.75) is 71.1 Å². The number of sulfonamides is 1. The lowest BCUT2D eigenvalue weighted by atomic mass is 10.1. The first-order chi connectivity index (χ1) is 16.8. The normalized spacial score (nSPS) is 11.6. The Kier molecular flexibility index (Phi) is 11.5. The van der Waals surface area contributed by atoms with Gasteiger partial charge in [-0.3, -0.25) is 0 Å². The largest absolute Gasteiger partial charge is 0.478 e. The molecule has 0 aliphatic rings. The van der Waals surface area contributed by atoms with Gasteiger partial charge in [-0.1, -0.05) is 58.7 Å². The summed E-state index contributed by atoms with van der Waals surface area (Å²) in [6.45, 7) is 10.1. The predicted octanol–water partition coefficient (Wildman–Crippen LogP) is 6.39. The van der Waals surface area contributed by atoms with E-state index in [4.69, 9.17) is 4.74 Å². The number of carboxylic acid groups (broad SMARTS) is 1. The number of anilines is 1. The number of hydrogen-bond donors (Lipinski definition) is 1. The highest BCUT2D eigenvalue weighted by molar-refractivity contribution is 7.89. The number of aromatic carboxylic acids is 1. The van der Waals surface area contributed by atoms with Crippen molar-refractivity contribution in [2.75, 3.05) is 31.1 Å². The molecule has 0 aliphatic carbocycles. The van der Waals surface area contributed by atoms with Crippen molar-refractivity contribution < 1.29 is 23.1 Å². The van der Waals surface area contributed by atoms with Crippen LogP contribution >= 0.6 is 0 Å². The molecule has 2 aromatic carbocycles. The zero-order valence-electron chi connectivity index (χ0n) is 21.5. The summed E-state index contributed by atoms with van der Waals surface area (Å²) in [6, 6.07) is 11.8. The molecule has 2 aromatic rings. The van der Waals surface area contributed by atoms with Crippen molar-refractivity contribution in [1.29, 1.82) is 0 Å². The van der Waals surface area contributed by atoms with Crippen LogP contribution < -0.4 is 9.64 Å². The summed E-state index contributed by atoms with van der Waals surface area (Å²) in [5.74, 6) is -0.486. The molecule has 0 saturated carbocycles. The lowest BCUT2D eigenvalue weighted by molar-refractivity contribution is 0.0696. The van der Waals surface area contributed by atoms with Crippen molar-refractivity contribution in [2.24, 2.45) is 0 Å². The van der Waals surface area contributed by atoms with Gasteiger partial charge in [0.1, 0.15) is 10.6 Å². The third-order valence-electron chi connectivity index (χ3n) is 5.71. The number of hydrogen-bond acceptors (Lipinski definition) is 5. The smallest absolute Gasteiger partial charge is 0.335 e. The van der Waals surface area contributed by atoms with Crippen LogP contribution in [0.1, 0.15) is 76.6 Å². The van der Waals surface area contributed by atoms with Crippen LogP contribution in [0.4, 0.5) is 5.69 Å². The third-order valence-corrected chi connectivity index (χ3v) is 7.62. The van der Waals surface area contributed by atoms with E-state index in [1.807, 2.05) is 32.0 Å². The Morgan fingerprint density at radius 1 is 0.857 bits per heavy atom. The molecular formula is C27H40N2O5S. The molecule has 8 heteroatoms. The van der Waals surface area contributed by atoms with Crippen LogP contribution in [0.15, 0.2) is 47.4 Å². The summed E-state index contributed by atoms with van der Waals surface area (Å²) in [5.41, 5.74) is 0.437. The first-order valence-electron chi connectivity index (χ1n) is 12.7. The minimum atomic E-state index is -4.01. The summed E-state index contributed by atoms with van der Waals surface area (Å²) in [6.07, 6.45) is 5.01. The fraction of sp³-hybridized carbons (Fsp3) is 0.519. The van der Waals surface area contributed by atoms with E-state index in [0.29, 0.717) is 50.5 Å². The van der Waals surface area contributed by atoms with Gasteiger partial charge in [0.25, 0.3) is 0 Å². The molecule has 0 fully saturated rings. The predicted molar refractivity (Wildman–Crippen MR) is 141 cm³/mol. The molecule has 0 aliphatic heterocycles. The quantitative estimate of drug-likeness (QED) is 0.285. The number of ether oxygens (including phenoxy) is 1. The number of nitrogens with zero attached hydrogens (tertiary/aromatic N) is 2. The Morgan fingerprint density at radius 3 is 1.91 bits per heavy atom. The van der Waals surface area contributed by atoms with E-state index in [2.05, 4.69) is 18.7 Å². The van der Waals surface area contributed by atoms with Gasteiger partial charge in [-0.25, -0.2) is 13.2 Å². The molecular weight excluding hydrogens is 464 g/mol. The van der Waals surface area contributed by atoms with Gasteiger partial charge in [0, 0.05) is 26.2 Å². The third kappa shape index (κ3) is 7.70.